The van der Waals surface area contributed by atoms with Crippen molar-refractivity contribution in [2.45, 2.75) is 19.8 Å². The first-order valence-electron chi connectivity index (χ1n) is 6.59. The second kappa shape index (κ2) is 6.02. The Hall–Kier alpha value is -0.610. The highest BCUT2D eigenvalue weighted by Crippen LogP contribution is 2.24. The summed E-state index contributed by atoms with van der Waals surface area (Å²) in [5, 5.41) is 0. The van der Waals surface area contributed by atoms with Crippen molar-refractivity contribution in [2.24, 2.45) is 5.92 Å². The van der Waals surface area contributed by atoms with Gasteiger partial charge in [-0.05, 0) is 67.8 Å². The van der Waals surface area contributed by atoms with Crippen LogP contribution >= 0.6 is 15.9 Å². The molecule has 1 saturated heterocycles. The maximum Gasteiger partial charge on any atom is 0.128 e. The lowest BCUT2D eigenvalue weighted by atomic mass is 9.96. The highest BCUT2D eigenvalue weighted by molar-refractivity contribution is 9.10. The van der Waals surface area contributed by atoms with E-state index in [0.717, 1.165) is 35.0 Å². The number of nitrogens with zero attached hydrogens (tertiary/aromatic N) is 3. The molecule has 0 N–H and O–H groups in total. The summed E-state index contributed by atoms with van der Waals surface area (Å²) in [6.07, 6.45) is 2.55. The van der Waals surface area contributed by atoms with Gasteiger partial charge in [0, 0.05) is 24.1 Å². The Labute approximate surface area is 118 Å². The molecule has 0 aromatic carbocycles. The van der Waals surface area contributed by atoms with Crippen molar-refractivity contribution in [3.8, 4) is 0 Å². The van der Waals surface area contributed by atoms with Crippen LogP contribution in [0, 0.1) is 12.8 Å². The first-order valence-corrected chi connectivity index (χ1v) is 7.38. The van der Waals surface area contributed by atoms with Gasteiger partial charge in [-0.15, -0.1) is 0 Å². The zero-order chi connectivity index (χ0) is 13.1. The van der Waals surface area contributed by atoms with E-state index in [1.807, 2.05) is 6.92 Å². The van der Waals surface area contributed by atoms with Crippen LogP contribution in [-0.2, 0) is 0 Å². The molecule has 0 spiro atoms. The van der Waals surface area contributed by atoms with Gasteiger partial charge in [-0.1, -0.05) is 0 Å². The average Bonchev–Trinajstić information content (AvgIpc) is 2.33. The molecule has 0 atom stereocenters. The van der Waals surface area contributed by atoms with Gasteiger partial charge < -0.3 is 9.80 Å². The van der Waals surface area contributed by atoms with Crippen LogP contribution in [0.2, 0.25) is 0 Å². The summed E-state index contributed by atoms with van der Waals surface area (Å²) in [7, 11) is 4.32. The fourth-order valence-electron chi connectivity index (χ4n) is 2.57. The summed E-state index contributed by atoms with van der Waals surface area (Å²) in [6, 6.07) is 4.22. The number of piperidine rings is 1. The largest absolute Gasteiger partial charge is 0.357 e. The van der Waals surface area contributed by atoms with Gasteiger partial charge in [0.25, 0.3) is 0 Å². The lowest BCUT2D eigenvalue weighted by Crippen LogP contribution is -2.37. The number of aryl methyl sites for hydroxylation is 1. The number of hydrogen-bond acceptors (Lipinski definition) is 3. The van der Waals surface area contributed by atoms with Gasteiger partial charge in [-0.25, -0.2) is 4.98 Å². The fourth-order valence-corrected chi connectivity index (χ4v) is 2.79. The van der Waals surface area contributed by atoms with E-state index in [0.29, 0.717) is 0 Å². The van der Waals surface area contributed by atoms with Crippen molar-refractivity contribution in [2.75, 3.05) is 38.6 Å². The summed E-state index contributed by atoms with van der Waals surface area (Å²) in [5.41, 5.74) is 1.07. The van der Waals surface area contributed by atoms with Crippen molar-refractivity contribution in [1.29, 1.82) is 0 Å². The Kier molecular flexibility index (Phi) is 4.62. The number of rotatable bonds is 3. The Balaban J connectivity index is 1.94. The molecule has 1 fully saturated rings. The molecule has 4 heteroatoms. The monoisotopic (exact) mass is 311 g/mol. The first kappa shape index (κ1) is 13.8. The summed E-state index contributed by atoms with van der Waals surface area (Å²) in [6.45, 7) is 5.52. The Morgan fingerprint density at radius 3 is 2.56 bits per heavy atom. The second-order valence-electron chi connectivity index (χ2n) is 5.43. The molecule has 18 heavy (non-hydrogen) atoms. The van der Waals surface area contributed by atoms with Gasteiger partial charge >= 0.3 is 0 Å². The summed E-state index contributed by atoms with van der Waals surface area (Å²) in [4.78, 5) is 9.35. The first-order chi connectivity index (χ1) is 8.56. The fraction of sp³-hybridized carbons (Fsp3) is 0.643. The van der Waals surface area contributed by atoms with Crippen LogP contribution < -0.4 is 4.90 Å². The molecule has 0 saturated carbocycles. The third-order valence-electron chi connectivity index (χ3n) is 3.57. The van der Waals surface area contributed by atoms with Gasteiger partial charge in [0.05, 0.1) is 5.69 Å². The molecule has 1 aliphatic rings. The quantitative estimate of drug-likeness (QED) is 0.855. The topological polar surface area (TPSA) is 19.4 Å². The number of pyridine rings is 1. The second-order valence-corrected chi connectivity index (χ2v) is 6.28. The van der Waals surface area contributed by atoms with Gasteiger partial charge in [0.2, 0.25) is 0 Å². The summed E-state index contributed by atoms with van der Waals surface area (Å²) < 4.78 is 1.09. The minimum absolute atomic E-state index is 0.841. The van der Waals surface area contributed by atoms with Crippen LogP contribution in [0.15, 0.2) is 16.6 Å². The molecular formula is C14H22BrN3. The number of hydrogen-bond donors (Lipinski definition) is 0. The zero-order valence-electron chi connectivity index (χ0n) is 11.5. The molecule has 2 heterocycles. The molecule has 0 bridgehead atoms. The van der Waals surface area contributed by atoms with Gasteiger partial charge in [-0.3, -0.25) is 0 Å². The lowest BCUT2D eigenvalue weighted by molar-refractivity contribution is 0.284. The van der Waals surface area contributed by atoms with Crippen molar-refractivity contribution in [3.05, 3.63) is 22.3 Å². The molecule has 1 aliphatic heterocycles. The van der Waals surface area contributed by atoms with Crippen molar-refractivity contribution in [3.63, 3.8) is 0 Å². The van der Waals surface area contributed by atoms with Crippen LogP contribution in [0.4, 0.5) is 5.82 Å². The highest BCUT2D eigenvalue weighted by Gasteiger charge is 2.20. The van der Waals surface area contributed by atoms with E-state index in [1.165, 1.54) is 19.4 Å². The maximum atomic E-state index is 4.65. The Bertz CT molecular complexity index is 398. The number of halogens is 1. The van der Waals surface area contributed by atoms with Crippen LogP contribution in [0.5, 0.6) is 0 Å². The van der Waals surface area contributed by atoms with Gasteiger partial charge in [-0.2, -0.15) is 0 Å². The standard InChI is InChI=1S/C14H22BrN3/c1-11-13(15)4-5-14(16-11)18-8-6-12(7-9-18)10-17(2)3/h4-5,12H,6-10H2,1-3H3. The van der Waals surface area contributed by atoms with Crippen LogP contribution in [0.25, 0.3) is 0 Å². The van der Waals surface area contributed by atoms with Crippen LogP contribution in [0.3, 0.4) is 0 Å². The number of aromatic nitrogens is 1. The minimum Gasteiger partial charge on any atom is -0.357 e. The van der Waals surface area contributed by atoms with Crippen molar-refractivity contribution in [1.82, 2.24) is 9.88 Å². The van der Waals surface area contributed by atoms with E-state index in [2.05, 4.69) is 56.9 Å². The predicted octanol–water partition coefficient (Wildman–Crippen LogP) is 2.93. The number of anilines is 1. The third-order valence-corrected chi connectivity index (χ3v) is 4.41. The molecule has 0 amide bonds. The smallest absolute Gasteiger partial charge is 0.128 e. The van der Waals surface area contributed by atoms with Gasteiger partial charge in [0.15, 0.2) is 0 Å². The summed E-state index contributed by atoms with van der Waals surface area (Å²) in [5.74, 6) is 1.96. The zero-order valence-corrected chi connectivity index (χ0v) is 13.1. The normalized spacial score (nSPS) is 17.5. The molecule has 0 unspecified atom stereocenters. The van der Waals surface area contributed by atoms with E-state index in [9.17, 15) is 0 Å². The molecule has 0 aliphatic carbocycles. The maximum absolute atomic E-state index is 4.65. The van der Waals surface area contributed by atoms with Crippen molar-refractivity contribution < 1.29 is 0 Å². The molecular weight excluding hydrogens is 290 g/mol. The molecule has 2 rings (SSSR count). The minimum atomic E-state index is 0.841. The molecule has 1 aromatic rings. The van der Waals surface area contributed by atoms with Crippen LogP contribution in [-0.4, -0.2) is 43.6 Å². The third kappa shape index (κ3) is 3.45. The van der Waals surface area contributed by atoms with E-state index in [4.69, 9.17) is 0 Å². The average molecular weight is 312 g/mol. The summed E-state index contributed by atoms with van der Waals surface area (Å²) >= 11 is 3.50. The van der Waals surface area contributed by atoms with Gasteiger partial charge in [0.1, 0.15) is 5.82 Å². The van der Waals surface area contributed by atoms with E-state index in [1.54, 1.807) is 0 Å². The molecule has 0 radical (unpaired) electrons. The highest BCUT2D eigenvalue weighted by atomic mass is 79.9. The SMILES string of the molecule is Cc1nc(N2CCC(CN(C)C)CC2)ccc1Br. The molecule has 1 aromatic heterocycles. The van der Waals surface area contributed by atoms with E-state index in [-0.39, 0.29) is 0 Å². The predicted molar refractivity (Wildman–Crippen MR) is 80.2 cm³/mol. The molecule has 100 valence electrons. The Morgan fingerprint density at radius 2 is 2.00 bits per heavy atom. The van der Waals surface area contributed by atoms with E-state index < -0.39 is 0 Å². The lowest BCUT2D eigenvalue weighted by Gasteiger charge is -2.34. The molecule has 3 nitrogen and oxygen atoms in total. The van der Waals surface area contributed by atoms with Crippen molar-refractivity contribution >= 4 is 21.7 Å². The Morgan fingerprint density at radius 1 is 1.33 bits per heavy atom. The van der Waals surface area contributed by atoms with E-state index >= 15 is 0 Å². The van der Waals surface area contributed by atoms with Crippen LogP contribution in [0.1, 0.15) is 18.5 Å².